The summed E-state index contributed by atoms with van der Waals surface area (Å²) in [6.45, 7) is 1.99. The monoisotopic (exact) mass is 327 g/mol. The van der Waals surface area contributed by atoms with Crippen molar-refractivity contribution in [2.24, 2.45) is 0 Å². The van der Waals surface area contributed by atoms with Crippen molar-refractivity contribution < 1.29 is 18.3 Å². The van der Waals surface area contributed by atoms with Gasteiger partial charge in [0.15, 0.2) is 5.69 Å². The maximum Gasteiger partial charge on any atom is 0.360 e. The summed E-state index contributed by atoms with van der Waals surface area (Å²) in [6.07, 6.45) is 1.56. The first-order chi connectivity index (χ1) is 11.7. The molecule has 0 fully saturated rings. The zero-order valence-electron chi connectivity index (χ0n) is 12.9. The average molecular weight is 327 g/mol. The predicted molar refractivity (Wildman–Crippen MR) is 82.7 cm³/mol. The van der Waals surface area contributed by atoms with Gasteiger partial charge in [-0.05, 0) is 43.3 Å². The van der Waals surface area contributed by atoms with Crippen LogP contribution in [0.2, 0.25) is 0 Å². The standard InChI is InChI=1S/C17H14FN3O3/c1-2-23-17(22)15-10-24-16(19-15)9-13-7-8-14(21-20-13)11-3-5-12(18)6-4-11/h3-8,10H,2,9H2,1H3. The molecule has 0 aliphatic carbocycles. The van der Waals surface area contributed by atoms with E-state index in [2.05, 4.69) is 15.2 Å². The van der Waals surface area contributed by atoms with Crippen LogP contribution in [0.15, 0.2) is 47.1 Å². The predicted octanol–water partition coefficient (Wildman–Crippen LogP) is 3.04. The number of carbonyl (C=O) groups excluding carboxylic acids is 1. The number of oxazole rings is 1. The molecule has 2 heterocycles. The van der Waals surface area contributed by atoms with Gasteiger partial charge >= 0.3 is 5.97 Å². The van der Waals surface area contributed by atoms with Crippen LogP contribution in [-0.2, 0) is 11.2 Å². The van der Waals surface area contributed by atoms with Crippen molar-refractivity contribution in [2.75, 3.05) is 6.61 Å². The molecule has 0 unspecified atom stereocenters. The van der Waals surface area contributed by atoms with Crippen molar-refractivity contribution in [3.8, 4) is 11.3 Å². The van der Waals surface area contributed by atoms with Gasteiger partial charge in [-0.1, -0.05) is 0 Å². The van der Waals surface area contributed by atoms with Gasteiger partial charge in [0.05, 0.1) is 24.4 Å². The van der Waals surface area contributed by atoms with Crippen molar-refractivity contribution in [3.63, 3.8) is 0 Å². The van der Waals surface area contributed by atoms with E-state index in [1.807, 2.05) is 0 Å². The van der Waals surface area contributed by atoms with E-state index in [0.29, 0.717) is 23.7 Å². The number of nitrogens with zero attached hydrogens (tertiary/aromatic N) is 3. The lowest BCUT2D eigenvalue weighted by Crippen LogP contribution is -2.05. The van der Waals surface area contributed by atoms with Crippen LogP contribution < -0.4 is 0 Å². The largest absolute Gasteiger partial charge is 0.461 e. The number of benzene rings is 1. The van der Waals surface area contributed by atoms with Crippen molar-refractivity contribution in [1.29, 1.82) is 0 Å². The Hall–Kier alpha value is -3.09. The highest BCUT2D eigenvalue weighted by atomic mass is 19.1. The maximum atomic E-state index is 12.9. The average Bonchev–Trinajstić information content (AvgIpc) is 3.05. The second kappa shape index (κ2) is 6.99. The number of hydrogen-bond donors (Lipinski definition) is 0. The Labute approximate surface area is 137 Å². The van der Waals surface area contributed by atoms with E-state index in [4.69, 9.17) is 9.15 Å². The molecule has 0 radical (unpaired) electrons. The molecule has 0 bridgehead atoms. The molecule has 0 saturated carbocycles. The quantitative estimate of drug-likeness (QED) is 0.670. The Morgan fingerprint density at radius 1 is 1.17 bits per heavy atom. The number of esters is 1. The van der Waals surface area contributed by atoms with Gasteiger partial charge in [-0.3, -0.25) is 0 Å². The summed E-state index contributed by atoms with van der Waals surface area (Å²) < 4.78 is 23.0. The molecule has 6 nitrogen and oxygen atoms in total. The lowest BCUT2D eigenvalue weighted by Gasteiger charge is -2.01. The van der Waals surface area contributed by atoms with Gasteiger partial charge < -0.3 is 9.15 Å². The third-order valence-electron chi connectivity index (χ3n) is 3.23. The summed E-state index contributed by atoms with van der Waals surface area (Å²) in [7, 11) is 0. The van der Waals surface area contributed by atoms with Crippen LogP contribution in [0.25, 0.3) is 11.3 Å². The van der Waals surface area contributed by atoms with Gasteiger partial charge in [0.1, 0.15) is 12.1 Å². The van der Waals surface area contributed by atoms with E-state index in [9.17, 15) is 9.18 Å². The van der Waals surface area contributed by atoms with Gasteiger partial charge in [0.2, 0.25) is 5.89 Å². The Kier molecular flexibility index (Phi) is 4.60. The zero-order chi connectivity index (χ0) is 16.9. The number of hydrogen-bond acceptors (Lipinski definition) is 6. The molecule has 7 heteroatoms. The molecule has 122 valence electrons. The fourth-order valence-electron chi connectivity index (χ4n) is 2.07. The number of carbonyl (C=O) groups is 1. The number of aromatic nitrogens is 3. The van der Waals surface area contributed by atoms with E-state index in [0.717, 1.165) is 5.56 Å². The van der Waals surface area contributed by atoms with Crippen molar-refractivity contribution >= 4 is 5.97 Å². The number of ether oxygens (including phenoxy) is 1. The minimum absolute atomic E-state index is 0.128. The first-order valence-corrected chi connectivity index (χ1v) is 7.36. The van der Waals surface area contributed by atoms with Crippen molar-refractivity contribution in [3.05, 3.63) is 65.8 Å². The third-order valence-corrected chi connectivity index (χ3v) is 3.23. The smallest absolute Gasteiger partial charge is 0.360 e. The molecule has 0 aliphatic rings. The van der Waals surface area contributed by atoms with E-state index in [-0.39, 0.29) is 18.1 Å². The second-order valence-electron chi connectivity index (χ2n) is 4.94. The van der Waals surface area contributed by atoms with Crippen molar-refractivity contribution in [2.45, 2.75) is 13.3 Å². The van der Waals surface area contributed by atoms with Gasteiger partial charge in [0, 0.05) is 5.56 Å². The van der Waals surface area contributed by atoms with E-state index in [1.165, 1.54) is 18.4 Å². The molecule has 2 aromatic heterocycles. The van der Waals surface area contributed by atoms with Crippen LogP contribution in [0, 0.1) is 5.82 Å². The minimum atomic E-state index is -0.523. The second-order valence-corrected chi connectivity index (χ2v) is 4.94. The highest BCUT2D eigenvalue weighted by molar-refractivity contribution is 5.86. The Bertz CT molecular complexity index is 829. The molecule has 3 rings (SSSR count). The van der Waals surface area contributed by atoms with Gasteiger partial charge in [-0.15, -0.1) is 0 Å². The summed E-state index contributed by atoms with van der Waals surface area (Å²) >= 11 is 0. The summed E-state index contributed by atoms with van der Waals surface area (Å²) in [5.41, 5.74) is 2.18. The Morgan fingerprint density at radius 3 is 2.62 bits per heavy atom. The summed E-state index contributed by atoms with van der Waals surface area (Å²) in [4.78, 5) is 15.6. The number of rotatable bonds is 5. The molecule has 0 amide bonds. The van der Waals surface area contributed by atoms with Crippen LogP contribution >= 0.6 is 0 Å². The molecule has 24 heavy (non-hydrogen) atoms. The summed E-state index contributed by atoms with van der Waals surface area (Å²) in [5, 5.41) is 8.22. The first-order valence-electron chi connectivity index (χ1n) is 7.36. The van der Waals surface area contributed by atoms with Crippen LogP contribution in [0.3, 0.4) is 0 Å². The maximum absolute atomic E-state index is 12.9. The lowest BCUT2D eigenvalue weighted by atomic mass is 10.1. The lowest BCUT2D eigenvalue weighted by molar-refractivity contribution is 0.0519. The highest BCUT2D eigenvalue weighted by Gasteiger charge is 2.14. The highest BCUT2D eigenvalue weighted by Crippen LogP contribution is 2.17. The molecular weight excluding hydrogens is 313 g/mol. The van der Waals surface area contributed by atoms with E-state index >= 15 is 0 Å². The summed E-state index contributed by atoms with van der Waals surface area (Å²) in [6, 6.07) is 9.57. The SMILES string of the molecule is CCOC(=O)c1coc(Cc2ccc(-c3ccc(F)cc3)nn2)n1. The Balaban J connectivity index is 1.70. The molecule has 0 aliphatic heterocycles. The fraction of sp³-hybridized carbons (Fsp3) is 0.176. The van der Waals surface area contributed by atoms with Gasteiger partial charge in [0.25, 0.3) is 0 Å². The first kappa shape index (κ1) is 15.8. The molecule has 3 aromatic rings. The van der Waals surface area contributed by atoms with Crippen LogP contribution in [0.1, 0.15) is 29.0 Å². The third kappa shape index (κ3) is 3.62. The fourth-order valence-corrected chi connectivity index (χ4v) is 2.07. The molecule has 0 N–H and O–H groups in total. The van der Waals surface area contributed by atoms with Crippen LogP contribution in [-0.4, -0.2) is 27.8 Å². The number of halogens is 1. The van der Waals surface area contributed by atoms with E-state index in [1.54, 1.807) is 31.2 Å². The topological polar surface area (TPSA) is 78.1 Å². The molecule has 0 spiro atoms. The van der Waals surface area contributed by atoms with Gasteiger partial charge in [-0.25, -0.2) is 14.2 Å². The zero-order valence-corrected chi connectivity index (χ0v) is 12.9. The van der Waals surface area contributed by atoms with Crippen LogP contribution in [0.4, 0.5) is 4.39 Å². The molecule has 1 aromatic carbocycles. The molecule has 0 saturated heterocycles. The summed E-state index contributed by atoms with van der Waals surface area (Å²) in [5.74, 6) is -0.475. The van der Waals surface area contributed by atoms with E-state index < -0.39 is 5.97 Å². The molecular formula is C17H14FN3O3. The Morgan fingerprint density at radius 2 is 1.96 bits per heavy atom. The minimum Gasteiger partial charge on any atom is -0.461 e. The van der Waals surface area contributed by atoms with Crippen molar-refractivity contribution in [1.82, 2.24) is 15.2 Å². The normalized spacial score (nSPS) is 10.6. The van der Waals surface area contributed by atoms with Crippen LogP contribution in [0.5, 0.6) is 0 Å². The van der Waals surface area contributed by atoms with Gasteiger partial charge in [-0.2, -0.15) is 10.2 Å². The molecule has 0 atom stereocenters.